The first kappa shape index (κ1) is 120. The standard InChI is InChI=1S/C91H136N24O28S2/c1-46-33-39-144-145-40-34-67(93)99-44-70(120)104-58(23-28-68(94)118)84(137)107-56(16-10-36-97-91(95)96)83(136)108-61(27-32-74(127)128)85(138)113-75(50(5)116)90(143)115-38-12-18-66(115)87(140)109-57(24-29-71(121)122)80(133)100-45-69(119)101-47(2)77(130)105-59(25-30-72(123)124)81(134)102-48(3)78(131)106-60(26-31-73(125)126)82(135)103-49(4)79(132)110-62(15-8-9-35-92)89(142)114-37-11-17-65(114)88(141)112-64(42-52-43-98-55-14-7-6-13-54(52)55)86(139)111-63(76(46)129)41-51-19-21-53(117)22-20-51/h6-7,13-14,19-22,43,46-50,56-67,75,98-99,116-117H,8-12,15-18,23-42,44-45,92-93H2,1-5H3,(H2,94,118)(H,100,133)(H,101,119)(H,102,134)(H,103,135)(H,104,120)(H,105,130)(H,106,131)(H,107,137)(H,108,136)(H,109,140)(H,110,132)(H,111,139)(H,112,141)(H,113,138)(H,121,122)(H,123,124)(H,125,126)(H,127,128)(H4,95,96,97)/t46?,47?,48?,49?,50-,56+,57+,58+,59+,60+,61+,62+,63+,64+,65+,66+,67?,75+/m1/s1. The molecule has 2 aromatic carbocycles. The zero-order valence-electron chi connectivity index (χ0n) is 81.2. The van der Waals surface area contributed by atoms with Gasteiger partial charge in [-0.1, -0.05) is 58.8 Å². The van der Waals surface area contributed by atoms with Gasteiger partial charge in [-0.2, -0.15) is 0 Å². The number of benzene rings is 2. The van der Waals surface area contributed by atoms with Crippen molar-refractivity contribution in [2.24, 2.45) is 28.9 Å². The van der Waals surface area contributed by atoms with Crippen molar-refractivity contribution in [2.45, 2.75) is 285 Å². The SMILES string of the molecule is CC1CCSSCCC(N)NCC(=O)N[C@@H](CCC(N)=O)C(=O)N[C@@H](CCCNC(=N)N)C(=O)N[C@@H](CCC(=O)O)C(=O)N[C@@H]([C@@H](C)O)C(=O)N2CCC[C@H]2C(=O)N[C@@H](CCC(=O)O)C(=O)NCC(=O)NC(C)C(=O)N[C@@H](CCC(=O)O)C(=O)NC(C)C(=O)N[C@@H](CCC(=O)O)C(=O)NC(C)C(=O)N[C@@H](CCCCN)C(=O)N2CCC[C@H]2C(=O)N[C@@H](Cc2c[nH]c3ccccc23)C(=O)N[C@@H](Cc2ccc(O)cc2)C1=O. The Hall–Kier alpha value is -13.9. The average Bonchev–Trinajstić information content (AvgIpc) is 1.69. The maximum atomic E-state index is 15.2. The van der Waals surface area contributed by atoms with E-state index in [9.17, 15) is 122 Å². The number of carboxylic acid groups (broad SMARTS) is 4. The van der Waals surface area contributed by atoms with Crippen LogP contribution in [0.1, 0.15) is 181 Å². The summed E-state index contributed by atoms with van der Waals surface area (Å²) < 4.78 is 0. The number of rotatable bonds is 28. The average molecular weight is 2080 g/mol. The van der Waals surface area contributed by atoms with Crippen LogP contribution in [-0.4, -0.2) is 335 Å². The number of primary amides is 1. The molecule has 32 N–H and O–H groups in total. The van der Waals surface area contributed by atoms with Gasteiger partial charge in [-0.25, -0.2) is 0 Å². The number of fused-ring (bicyclic) bond motifs is 3. The van der Waals surface area contributed by atoms with Crippen LogP contribution in [0.2, 0.25) is 0 Å². The Morgan fingerprint density at radius 2 is 0.890 bits per heavy atom. The number of ketones is 1. The number of carboxylic acids is 4. The van der Waals surface area contributed by atoms with Crippen LogP contribution in [-0.2, 0) is 118 Å². The van der Waals surface area contributed by atoms with Crippen molar-refractivity contribution in [1.82, 2.24) is 99.9 Å². The Kier molecular flexibility index (Phi) is 50.1. The van der Waals surface area contributed by atoms with E-state index in [0.717, 1.165) is 25.7 Å². The third kappa shape index (κ3) is 41.1. The number of phenolic OH excluding ortho intramolecular Hbond substituents is 1. The fourth-order valence-corrected chi connectivity index (χ4v) is 18.2. The van der Waals surface area contributed by atoms with E-state index in [1.165, 1.54) is 45.5 Å². The van der Waals surface area contributed by atoms with E-state index in [1.807, 2.05) is 0 Å². The van der Waals surface area contributed by atoms with E-state index in [1.54, 1.807) is 49.5 Å². The van der Waals surface area contributed by atoms with Crippen LogP contribution in [0.4, 0.5) is 0 Å². The molecule has 0 radical (unpaired) electrons. The topological polar surface area (TPSA) is 840 Å². The van der Waals surface area contributed by atoms with Crippen LogP contribution >= 0.6 is 21.6 Å². The lowest BCUT2D eigenvalue weighted by Crippen LogP contribution is -2.61. The van der Waals surface area contributed by atoms with Crippen LogP contribution in [0.3, 0.4) is 0 Å². The number of aliphatic hydroxyl groups excluding tert-OH is 1. The molecule has 3 aliphatic heterocycles. The maximum absolute atomic E-state index is 15.2. The first-order valence-corrected chi connectivity index (χ1v) is 50.2. The van der Waals surface area contributed by atoms with E-state index in [-0.39, 0.29) is 109 Å². The molecule has 800 valence electrons. The van der Waals surface area contributed by atoms with Crippen LogP contribution in [0.25, 0.3) is 10.9 Å². The molecule has 0 saturated carbocycles. The third-order valence-corrected chi connectivity index (χ3v) is 26.5. The number of aliphatic hydroxyl groups is 1. The number of nitrogens with one attached hydrogen (secondary N) is 18. The Bertz CT molecular complexity index is 5070. The number of carbonyl (C=O) groups is 22. The van der Waals surface area contributed by atoms with Crippen molar-refractivity contribution in [3.8, 4) is 5.75 Å². The second-order valence-electron chi connectivity index (χ2n) is 35.6. The van der Waals surface area contributed by atoms with Gasteiger partial charge >= 0.3 is 23.9 Å². The molecule has 3 saturated heterocycles. The number of Topliss-reactive ketones (excluding diaryl/α,β-unsaturated/α-hetero) is 1. The van der Waals surface area contributed by atoms with Crippen molar-refractivity contribution < 1.29 is 136 Å². The van der Waals surface area contributed by atoms with Crippen LogP contribution in [0.15, 0.2) is 54.7 Å². The first-order chi connectivity index (χ1) is 68.6. The zero-order valence-corrected chi connectivity index (χ0v) is 82.8. The summed E-state index contributed by atoms with van der Waals surface area (Å²) in [5.41, 5.74) is 25.1. The first-order valence-electron chi connectivity index (χ1n) is 47.7. The highest BCUT2D eigenvalue weighted by molar-refractivity contribution is 8.76. The molecular weight excluding hydrogens is 1940 g/mol. The maximum Gasteiger partial charge on any atom is 0.303 e. The summed E-state index contributed by atoms with van der Waals surface area (Å²) in [5, 5.41) is 108. The third-order valence-electron chi connectivity index (χ3n) is 24.1. The van der Waals surface area contributed by atoms with E-state index in [2.05, 4.69) is 90.1 Å². The predicted molar refractivity (Wildman–Crippen MR) is 522 cm³/mol. The minimum atomic E-state index is -1.99. The molecule has 17 amide bonds. The summed E-state index contributed by atoms with van der Waals surface area (Å²) in [4.78, 5) is 309. The van der Waals surface area contributed by atoms with Gasteiger partial charge in [0, 0.05) is 92.7 Å². The number of aromatic hydroxyl groups is 1. The Morgan fingerprint density at radius 1 is 0.462 bits per heavy atom. The van der Waals surface area contributed by atoms with Crippen molar-refractivity contribution >= 4 is 169 Å². The zero-order chi connectivity index (χ0) is 107. The lowest BCUT2D eigenvalue weighted by molar-refractivity contribution is -0.145. The number of guanidine groups is 1. The number of hydrogen-bond donors (Lipinski definition) is 28. The summed E-state index contributed by atoms with van der Waals surface area (Å²) in [7, 11) is 2.76. The number of para-hydroxylation sites is 1. The lowest BCUT2D eigenvalue weighted by atomic mass is 9.92. The largest absolute Gasteiger partial charge is 0.508 e. The van der Waals surface area contributed by atoms with Gasteiger partial charge in [0.2, 0.25) is 100 Å². The number of aromatic nitrogens is 1. The minimum absolute atomic E-state index is 0.0170. The summed E-state index contributed by atoms with van der Waals surface area (Å²) in [5.74, 6) is -24.6. The molecule has 4 heterocycles. The number of phenols is 1. The molecule has 5 unspecified atom stereocenters. The molecule has 18 atom stereocenters. The second-order valence-corrected chi connectivity index (χ2v) is 38.3. The van der Waals surface area contributed by atoms with Crippen molar-refractivity contribution in [3.63, 3.8) is 0 Å². The smallest absolute Gasteiger partial charge is 0.303 e. The molecule has 3 aliphatic rings. The summed E-state index contributed by atoms with van der Waals surface area (Å²) in [6, 6.07) is -11.2. The van der Waals surface area contributed by atoms with E-state index < -0.39 is 322 Å². The van der Waals surface area contributed by atoms with Gasteiger partial charge in [-0.3, -0.25) is 116 Å². The molecule has 0 spiro atoms. The van der Waals surface area contributed by atoms with E-state index in [4.69, 9.17) is 28.3 Å². The quantitative estimate of drug-likeness (QED) is 0.0139. The summed E-state index contributed by atoms with van der Waals surface area (Å²) >= 11 is 0. The number of hydrogen-bond acceptors (Lipinski definition) is 30. The molecular formula is C91H136N24O28S2. The van der Waals surface area contributed by atoms with E-state index >= 15 is 14.4 Å². The highest BCUT2D eigenvalue weighted by Gasteiger charge is 2.45. The number of H-pyrrole nitrogens is 1. The van der Waals surface area contributed by atoms with Crippen LogP contribution in [0.5, 0.6) is 5.75 Å². The molecule has 0 bridgehead atoms. The molecule has 0 aliphatic carbocycles. The normalized spacial score (nSPS) is 25.9. The van der Waals surface area contributed by atoms with Crippen LogP contribution < -0.4 is 108 Å². The molecule has 145 heavy (non-hydrogen) atoms. The number of aliphatic carboxylic acids is 4. The number of nitrogens with zero attached hydrogens (tertiary/aromatic N) is 2. The molecule has 1 aromatic heterocycles. The molecule has 54 heteroatoms. The van der Waals surface area contributed by atoms with Gasteiger partial charge < -0.3 is 148 Å². The molecule has 52 nitrogen and oxygen atoms in total. The van der Waals surface area contributed by atoms with Crippen molar-refractivity contribution in [1.29, 1.82) is 5.41 Å². The van der Waals surface area contributed by atoms with Gasteiger partial charge in [-0.15, -0.1) is 0 Å². The van der Waals surface area contributed by atoms with Crippen LogP contribution in [0, 0.1) is 11.3 Å². The number of aromatic amines is 1. The highest BCUT2D eigenvalue weighted by Crippen LogP contribution is 2.28. The number of nitrogens with two attached hydrogens (primary N) is 4. The second kappa shape index (κ2) is 60.7. The number of amides is 17. The monoisotopic (exact) mass is 2080 g/mol. The predicted octanol–water partition coefficient (Wildman–Crippen LogP) is -6.13. The fourth-order valence-electron chi connectivity index (χ4n) is 15.9. The molecule has 6 rings (SSSR count). The van der Waals surface area contributed by atoms with Gasteiger partial charge in [0.25, 0.3) is 0 Å². The van der Waals surface area contributed by atoms with Crippen molar-refractivity contribution in [3.05, 3.63) is 65.9 Å². The van der Waals surface area contributed by atoms with Gasteiger partial charge in [0.1, 0.15) is 90.3 Å². The Balaban J connectivity index is 1.31. The highest BCUT2D eigenvalue weighted by atomic mass is 33.1. The molecule has 3 fully saturated rings. The lowest BCUT2D eigenvalue weighted by Gasteiger charge is -2.32. The minimum Gasteiger partial charge on any atom is -0.508 e. The summed E-state index contributed by atoms with van der Waals surface area (Å²) in [6.45, 7) is 4.41. The van der Waals surface area contributed by atoms with Gasteiger partial charge in [0.05, 0.1) is 31.4 Å². The number of unbranched alkanes of at least 4 members (excludes halogenated alkanes) is 1. The Morgan fingerprint density at radius 3 is 1.41 bits per heavy atom. The van der Waals surface area contributed by atoms with Gasteiger partial charge in [-0.05, 0) is 173 Å². The number of carbonyl (C=O) groups excluding carboxylic acids is 18. The van der Waals surface area contributed by atoms with Crippen molar-refractivity contribution in [2.75, 3.05) is 50.8 Å². The molecule has 3 aromatic rings. The van der Waals surface area contributed by atoms with E-state index in [0.29, 0.717) is 40.0 Å². The summed E-state index contributed by atoms with van der Waals surface area (Å²) in [6.07, 6.45) is -7.08. The Labute approximate surface area is 842 Å². The fraction of sp³-hybridized carbons (Fsp3) is 0.593. The van der Waals surface area contributed by atoms with Gasteiger partial charge in [0.15, 0.2) is 11.7 Å².